The zero-order chi connectivity index (χ0) is 18.1. The third-order valence-electron chi connectivity index (χ3n) is 3.68. The first kappa shape index (κ1) is 18.8. The van der Waals surface area contributed by atoms with Crippen LogP contribution in [0, 0.1) is 0 Å². The number of aliphatic imine (C=N–C) groups is 1. The summed E-state index contributed by atoms with van der Waals surface area (Å²) >= 11 is 5.88. The van der Waals surface area contributed by atoms with Crippen molar-refractivity contribution in [3.05, 3.63) is 70.2 Å². The first-order valence-corrected chi connectivity index (χ1v) is 8.36. The molecule has 0 saturated carbocycles. The van der Waals surface area contributed by atoms with E-state index in [-0.39, 0.29) is 5.97 Å². The Morgan fingerprint density at radius 2 is 1.68 bits per heavy atom. The van der Waals surface area contributed by atoms with Gasteiger partial charge in [-0.15, -0.1) is 0 Å². The molecule has 0 bridgehead atoms. The molecule has 5 nitrogen and oxygen atoms in total. The summed E-state index contributed by atoms with van der Waals surface area (Å²) in [6, 6.07) is 15.1. The molecule has 0 aliphatic rings. The molecule has 0 aliphatic carbocycles. The molecular weight excluding hydrogens is 338 g/mol. The van der Waals surface area contributed by atoms with E-state index in [1.54, 1.807) is 19.2 Å². The van der Waals surface area contributed by atoms with Crippen molar-refractivity contribution in [1.29, 1.82) is 0 Å². The Morgan fingerprint density at radius 1 is 1.04 bits per heavy atom. The molecule has 132 valence electrons. The summed E-state index contributed by atoms with van der Waals surface area (Å²) in [6.45, 7) is 1.41. The second kappa shape index (κ2) is 9.69. The summed E-state index contributed by atoms with van der Waals surface area (Å²) in [5.74, 6) is 0.414. The first-order chi connectivity index (χ1) is 12.1. The lowest BCUT2D eigenvalue weighted by atomic mass is 10.1. The number of carbonyl (C=O) groups excluding carboxylic acids is 1. The van der Waals surface area contributed by atoms with Crippen LogP contribution in [0.25, 0.3) is 0 Å². The number of nitrogens with zero attached hydrogens (tertiary/aromatic N) is 1. The molecule has 0 spiro atoms. The summed E-state index contributed by atoms with van der Waals surface area (Å²) in [5.41, 5.74) is 2.82. The van der Waals surface area contributed by atoms with Gasteiger partial charge in [0, 0.05) is 25.2 Å². The topological polar surface area (TPSA) is 62.7 Å². The fourth-order valence-corrected chi connectivity index (χ4v) is 2.39. The second-order valence-corrected chi connectivity index (χ2v) is 5.85. The smallest absolute Gasteiger partial charge is 0.337 e. The number of rotatable bonds is 6. The van der Waals surface area contributed by atoms with Gasteiger partial charge in [0.15, 0.2) is 5.96 Å². The summed E-state index contributed by atoms with van der Waals surface area (Å²) in [7, 11) is 3.12. The Kier molecular flexibility index (Phi) is 7.29. The normalized spacial score (nSPS) is 11.1. The maximum absolute atomic E-state index is 11.4. The lowest BCUT2D eigenvalue weighted by Crippen LogP contribution is -2.37. The number of methoxy groups -OCH3 is 1. The van der Waals surface area contributed by atoms with Crippen molar-refractivity contribution in [3.63, 3.8) is 0 Å². The number of halogens is 1. The Morgan fingerprint density at radius 3 is 2.28 bits per heavy atom. The first-order valence-electron chi connectivity index (χ1n) is 7.98. The highest BCUT2D eigenvalue weighted by Crippen LogP contribution is 2.09. The van der Waals surface area contributed by atoms with Crippen molar-refractivity contribution in [3.8, 4) is 0 Å². The fourth-order valence-electron chi connectivity index (χ4n) is 2.26. The molecule has 2 rings (SSSR count). The molecule has 0 radical (unpaired) electrons. The molecule has 6 heteroatoms. The lowest BCUT2D eigenvalue weighted by molar-refractivity contribution is 0.0600. The fraction of sp³-hybridized carbons (Fsp3) is 0.263. The molecular formula is C19H22ClN3O2. The van der Waals surface area contributed by atoms with Gasteiger partial charge >= 0.3 is 5.97 Å². The predicted molar refractivity (Wildman–Crippen MR) is 101 cm³/mol. The van der Waals surface area contributed by atoms with Gasteiger partial charge in [0.05, 0.1) is 12.7 Å². The highest BCUT2D eigenvalue weighted by atomic mass is 35.5. The van der Waals surface area contributed by atoms with Gasteiger partial charge in [0.25, 0.3) is 0 Å². The highest BCUT2D eigenvalue weighted by molar-refractivity contribution is 6.30. The number of guanidine groups is 1. The van der Waals surface area contributed by atoms with Crippen LogP contribution in [0.4, 0.5) is 0 Å². The summed E-state index contributed by atoms with van der Waals surface area (Å²) in [5, 5.41) is 7.25. The maximum Gasteiger partial charge on any atom is 0.337 e. The van der Waals surface area contributed by atoms with Crippen molar-refractivity contribution in [2.75, 3.05) is 20.7 Å². The monoisotopic (exact) mass is 359 g/mol. The van der Waals surface area contributed by atoms with Crippen molar-refractivity contribution in [1.82, 2.24) is 10.6 Å². The van der Waals surface area contributed by atoms with E-state index in [9.17, 15) is 4.79 Å². The summed E-state index contributed by atoms with van der Waals surface area (Å²) in [4.78, 5) is 15.6. The largest absolute Gasteiger partial charge is 0.465 e. The molecule has 0 heterocycles. The zero-order valence-electron chi connectivity index (χ0n) is 14.4. The Hall–Kier alpha value is -2.53. The Labute approximate surface area is 153 Å². The van der Waals surface area contributed by atoms with Crippen molar-refractivity contribution in [2.45, 2.75) is 13.0 Å². The molecule has 0 fully saturated rings. The SMILES string of the molecule is CN=C(NCCc1ccc(C(=O)OC)cc1)NCc1ccc(Cl)cc1. The molecule has 0 saturated heterocycles. The van der Waals surface area contributed by atoms with Gasteiger partial charge in [-0.25, -0.2) is 4.79 Å². The third kappa shape index (κ3) is 6.12. The van der Waals surface area contributed by atoms with Crippen molar-refractivity contribution < 1.29 is 9.53 Å². The Bertz CT molecular complexity index is 712. The zero-order valence-corrected chi connectivity index (χ0v) is 15.1. The number of nitrogens with one attached hydrogen (secondary N) is 2. The average Bonchev–Trinajstić information content (AvgIpc) is 2.65. The summed E-state index contributed by atoms with van der Waals surface area (Å²) in [6.07, 6.45) is 0.823. The van der Waals surface area contributed by atoms with Crippen LogP contribution in [-0.2, 0) is 17.7 Å². The van der Waals surface area contributed by atoms with Gasteiger partial charge in [0.1, 0.15) is 0 Å². The van der Waals surface area contributed by atoms with Gasteiger partial charge in [0.2, 0.25) is 0 Å². The number of esters is 1. The lowest BCUT2D eigenvalue weighted by Gasteiger charge is -2.12. The van der Waals surface area contributed by atoms with Crippen LogP contribution in [0.1, 0.15) is 21.5 Å². The van der Waals surface area contributed by atoms with E-state index in [1.807, 2.05) is 36.4 Å². The molecule has 0 aromatic heterocycles. The van der Waals surface area contributed by atoms with E-state index >= 15 is 0 Å². The molecule has 0 atom stereocenters. The molecule has 2 N–H and O–H groups in total. The maximum atomic E-state index is 11.4. The highest BCUT2D eigenvalue weighted by Gasteiger charge is 2.04. The Balaban J connectivity index is 1.77. The van der Waals surface area contributed by atoms with Gasteiger partial charge in [-0.1, -0.05) is 35.9 Å². The van der Waals surface area contributed by atoms with Crippen LogP contribution in [0.3, 0.4) is 0 Å². The number of ether oxygens (including phenoxy) is 1. The van der Waals surface area contributed by atoms with E-state index in [0.717, 1.165) is 35.1 Å². The molecule has 2 aromatic rings. The minimum absolute atomic E-state index is 0.323. The van der Waals surface area contributed by atoms with Crippen LogP contribution >= 0.6 is 11.6 Å². The van der Waals surface area contributed by atoms with E-state index in [1.165, 1.54) is 7.11 Å². The average molecular weight is 360 g/mol. The van der Waals surface area contributed by atoms with E-state index in [0.29, 0.717) is 12.1 Å². The van der Waals surface area contributed by atoms with Crippen LogP contribution < -0.4 is 10.6 Å². The molecule has 25 heavy (non-hydrogen) atoms. The minimum atomic E-state index is -0.323. The van der Waals surface area contributed by atoms with Gasteiger partial charge in [-0.05, 0) is 41.8 Å². The second-order valence-electron chi connectivity index (χ2n) is 5.42. The van der Waals surface area contributed by atoms with Crippen molar-refractivity contribution in [2.24, 2.45) is 4.99 Å². The standard InChI is InChI=1S/C19H22ClN3O2/c1-21-19(23-13-15-5-9-17(20)10-6-15)22-12-11-14-3-7-16(8-4-14)18(24)25-2/h3-10H,11-13H2,1-2H3,(H2,21,22,23). The number of hydrogen-bond donors (Lipinski definition) is 2. The van der Waals surface area contributed by atoms with Gasteiger partial charge < -0.3 is 15.4 Å². The van der Waals surface area contributed by atoms with Gasteiger partial charge in [-0.2, -0.15) is 0 Å². The quantitative estimate of drug-likeness (QED) is 0.473. The van der Waals surface area contributed by atoms with E-state index in [2.05, 4.69) is 15.6 Å². The minimum Gasteiger partial charge on any atom is -0.465 e. The molecule has 0 amide bonds. The van der Waals surface area contributed by atoms with Crippen LogP contribution in [0.5, 0.6) is 0 Å². The van der Waals surface area contributed by atoms with Crippen molar-refractivity contribution >= 4 is 23.5 Å². The molecule has 2 aromatic carbocycles. The third-order valence-corrected chi connectivity index (χ3v) is 3.93. The summed E-state index contributed by atoms with van der Waals surface area (Å²) < 4.78 is 4.69. The van der Waals surface area contributed by atoms with E-state index in [4.69, 9.17) is 16.3 Å². The number of carbonyl (C=O) groups is 1. The van der Waals surface area contributed by atoms with Crippen LogP contribution in [0.2, 0.25) is 5.02 Å². The number of hydrogen-bond acceptors (Lipinski definition) is 3. The van der Waals surface area contributed by atoms with E-state index < -0.39 is 0 Å². The van der Waals surface area contributed by atoms with Crippen LogP contribution in [-0.4, -0.2) is 32.6 Å². The van der Waals surface area contributed by atoms with Gasteiger partial charge in [-0.3, -0.25) is 4.99 Å². The molecule has 0 aliphatic heterocycles. The number of benzene rings is 2. The van der Waals surface area contributed by atoms with Crippen LogP contribution in [0.15, 0.2) is 53.5 Å². The molecule has 0 unspecified atom stereocenters. The predicted octanol–water partition coefficient (Wildman–Crippen LogP) is 3.03.